The number of halogens is 1. The zero-order valence-corrected chi connectivity index (χ0v) is 14.0. The molecule has 4 rings (SSSR count). The molecule has 5 nitrogen and oxygen atoms in total. The van der Waals surface area contributed by atoms with E-state index in [9.17, 15) is 14.7 Å². The van der Waals surface area contributed by atoms with Crippen LogP contribution in [0.15, 0.2) is 18.2 Å². The molecule has 1 saturated heterocycles. The Bertz CT molecular complexity index is 692. The summed E-state index contributed by atoms with van der Waals surface area (Å²) in [5, 5.41) is 10.2. The van der Waals surface area contributed by atoms with Crippen molar-refractivity contribution in [1.82, 2.24) is 4.90 Å². The van der Waals surface area contributed by atoms with Gasteiger partial charge >= 0.3 is 5.97 Å². The smallest absolute Gasteiger partial charge is 0.326 e. The second-order valence-corrected chi connectivity index (χ2v) is 7.53. The largest absolute Gasteiger partial charge is 0.492 e. The van der Waals surface area contributed by atoms with Gasteiger partial charge in [0.25, 0.3) is 0 Å². The summed E-state index contributed by atoms with van der Waals surface area (Å²) in [6.45, 7) is 0.866. The minimum Gasteiger partial charge on any atom is -0.492 e. The van der Waals surface area contributed by atoms with Crippen LogP contribution in [0.5, 0.6) is 5.75 Å². The van der Waals surface area contributed by atoms with E-state index in [1.165, 1.54) is 0 Å². The Morgan fingerprint density at radius 1 is 1.29 bits per heavy atom. The Morgan fingerprint density at radius 2 is 2.12 bits per heavy atom. The zero-order valence-electron chi connectivity index (χ0n) is 13.3. The maximum Gasteiger partial charge on any atom is 0.326 e. The number of hydrogen-bond donors (Lipinski definition) is 1. The monoisotopic (exact) mass is 349 g/mol. The molecule has 2 fully saturated rings. The summed E-state index contributed by atoms with van der Waals surface area (Å²) in [6, 6.07) is 4.73. The summed E-state index contributed by atoms with van der Waals surface area (Å²) >= 11 is 6.03. The molecule has 3 aliphatic rings. The van der Waals surface area contributed by atoms with Gasteiger partial charge in [-0.3, -0.25) is 4.79 Å². The van der Waals surface area contributed by atoms with E-state index in [1.807, 2.05) is 12.1 Å². The van der Waals surface area contributed by atoms with Gasteiger partial charge in [-0.2, -0.15) is 0 Å². The lowest BCUT2D eigenvalue weighted by molar-refractivity contribution is -0.151. The highest BCUT2D eigenvalue weighted by Gasteiger charge is 2.50. The third kappa shape index (κ3) is 2.55. The van der Waals surface area contributed by atoms with Gasteiger partial charge in [0.05, 0.1) is 5.92 Å². The number of likely N-dealkylation sites (tertiary alicyclic amines) is 1. The summed E-state index contributed by atoms with van der Waals surface area (Å²) in [6.07, 6.45) is 3.55. The average molecular weight is 350 g/mol. The fraction of sp³-hybridized carbons (Fsp3) is 0.556. The second-order valence-electron chi connectivity index (χ2n) is 7.09. The first-order chi connectivity index (χ1) is 11.5. The van der Waals surface area contributed by atoms with Crippen molar-refractivity contribution < 1.29 is 19.4 Å². The van der Waals surface area contributed by atoms with Crippen LogP contribution in [0.3, 0.4) is 0 Å². The minimum absolute atomic E-state index is 0.0950. The molecule has 2 heterocycles. The van der Waals surface area contributed by atoms with Gasteiger partial charge in [0.1, 0.15) is 18.4 Å². The molecule has 1 amide bonds. The predicted octanol–water partition coefficient (Wildman–Crippen LogP) is 2.60. The second kappa shape index (κ2) is 5.96. The summed E-state index contributed by atoms with van der Waals surface area (Å²) < 4.78 is 5.71. The molecule has 1 aromatic carbocycles. The molecule has 0 bridgehead atoms. The fourth-order valence-corrected chi connectivity index (χ4v) is 4.80. The highest BCUT2D eigenvalue weighted by Crippen LogP contribution is 2.43. The van der Waals surface area contributed by atoms with E-state index in [0.717, 1.165) is 30.6 Å². The number of carbonyl (C=O) groups excluding carboxylic acids is 1. The minimum atomic E-state index is -0.877. The highest BCUT2D eigenvalue weighted by atomic mass is 35.5. The normalized spacial score (nSPS) is 31.3. The molecule has 0 spiro atoms. The summed E-state index contributed by atoms with van der Waals surface area (Å²) in [4.78, 5) is 26.3. The first-order valence-corrected chi connectivity index (χ1v) is 8.87. The average Bonchev–Trinajstić information content (AvgIpc) is 3.13. The SMILES string of the molecule is O=C(O)C1C2CCCC2CN1C(=O)C1COc2ccc(Cl)cc2C1. The molecule has 128 valence electrons. The third-order valence-corrected chi connectivity index (χ3v) is 5.94. The van der Waals surface area contributed by atoms with E-state index < -0.39 is 12.0 Å². The number of amides is 1. The predicted molar refractivity (Wildman–Crippen MR) is 88.1 cm³/mol. The van der Waals surface area contributed by atoms with Crippen molar-refractivity contribution in [3.05, 3.63) is 28.8 Å². The number of carboxylic acid groups (broad SMARTS) is 1. The number of ether oxygens (including phenoxy) is 1. The van der Waals surface area contributed by atoms with Crippen molar-refractivity contribution in [2.24, 2.45) is 17.8 Å². The molecule has 4 atom stereocenters. The third-order valence-electron chi connectivity index (χ3n) is 5.70. The van der Waals surface area contributed by atoms with Gasteiger partial charge < -0.3 is 14.7 Å². The van der Waals surface area contributed by atoms with Crippen LogP contribution < -0.4 is 4.74 Å². The van der Waals surface area contributed by atoms with Crippen LogP contribution >= 0.6 is 11.6 Å². The molecule has 1 saturated carbocycles. The van der Waals surface area contributed by atoms with Crippen molar-refractivity contribution in [3.63, 3.8) is 0 Å². The van der Waals surface area contributed by atoms with E-state index in [4.69, 9.17) is 16.3 Å². The van der Waals surface area contributed by atoms with E-state index >= 15 is 0 Å². The van der Waals surface area contributed by atoms with Gasteiger partial charge in [-0.05, 0) is 54.9 Å². The lowest BCUT2D eigenvalue weighted by Gasteiger charge is -2.31. The Labute approximate surface area is 145 Å². The number of benzene rings is 1. The van der Waals surface area contributed by atoms with Crippen LogP contribution in [0.2, 0.25) is 5.02 Å². The quantitative estimate of drug-likeness (QED) is 0.891. The number of fused-ring (bicyclic) bond motifs is 2. The van der Waals surface area contributed by atoms with Crippen LogP contribution in [-0.2, 0) is 16.0 Å². The van der Waals surface area contributed by atoms with Gasteiger partial charge in [-0.25, -0.2) is 4.79 Å². The van der Waals surface area contributed by atoms with Crippen molar-refractivity contribution in [2.75, 3.05) is 13.2 Å². The van der Waals surface area contributed by atoms with E-state index in [-0.39, 0.29) is 17.7 Å². The standard InChI is InChI=1S/C18H20ClNO4/c19-13-4-5-15-11(7-13)6-12(9-24-15)17(21)20-8-10-2-1-3-14(10)16(20)18(22)23/h4-5,7,10,12,14,16H,1-3,6,8-9H2,(H,22,23). The number of aliphatic carboxylic acids is 1. The molecule has 0 aromatic heterocycles. The molecule has 4 unspecified atom stereocenters. The molecule has 0 radical (unpaired) electrons. The summed E-state index contributed by atoms with van der Waals surface area (Å²) in [7, 11) is 0. The lowest BCUT2D eigenvalue weighted by Crippen LogP contribution is -2.48. The number of rotatable bonds is 2. The van der Waals surface area contributed by atoms with E-state index in [0.29, 0.717) is 30.5 Å². The summed E-state index contributed by atoms with van der Waals surface area (Å²) in [5.74, 6) is -0.104. The lowest BCUT2D eigenvalue weighted by atomic mass is 9.93. The Kier molecular flexibility index (Phi) is 3.91. The van der Waals surface area contributed by atoms with Crippen LogP contribution in [0, 0.1) is 17.8 Å². The number of hydrogen-bond acceptors (Lipinski definition) is 3. The molecular weight excluding hydrogens is 330 g/mol. The van der Waals surface area contributed by atoms with E-state index in [1.54, 1.807) is 11.0 Å². The van der Waals surface area contributed by atoms with Crippen LogP contribution in [0.25, 0.3) is 0 Å². The molecule has 1 N–H and O–H groups in total. The highest BCUT2D eigenvalue weighted by molar-refractivity contribution is 6.30. The van der Waals surface area contributed by atoms with Gasteiger partial charge in [-0.1, -0.05) is 18.0 Å². The zero-order chi connectivity index (χ0) is 16.8. The van der Waals surface area contributed by atoms with Crippen molar-refractivity contribution in [1.29, 1.82) is 0 Å². The molecule has 2 aliphatic heterocycles. The maximum absolute atomic E-state index is 13.0. The van der Waals surface area contributed by atoms with E-state index in [2.05, 4.69) is 0 Å². The summed E-state index contributed by atoms with van der Waals surface area (Å²) in [5.41, 5.74) is 0.915. The maximum atomic E-state index is 13.0. The number of carboxylic acids is 1. The molecule has 1 aliphatic carbocycles. The Hall–Kier alpha value is -1.75. The van der Waals surface area contributed by atoms with Crippen molar-refractivity contribution >= 4 is 23.5 Å². The molecule has 6 heteroatoms. The van der Waals surface area contributed by atoms with Crippen LogP contribution in [0.4, 0.5) is 0 Å². The first-order valence-electron chi connectivity index (χ1n) is 8.49. The Balaban J connectivity index is 1.54. The van der Waals surface area contributed by atoms with Gasteiger partial charge in [-0.15, -0.1) is 0 Å². The van der Waals surface area contributed by atoms with Crippen LogP contribution in [-0.4, -0.2) is 41.1 Å². The van der Waals surface area contributed by atoms with Crippen molar-refractivity contribution in [2.45, 2.75) is 31.7 Å². The van der Waals surface area contributed by atoms with Gasteiger partial charge in [0.2, 0.25) is 5.91 Å². The van der Waals surface area contributed by atoms with Crippen molar-refractivity contribution in [3.8, 4) is 5.75 Å². The number of nitrogens with zero attached hydrogens (tertiary/aromatic N) is 1. The van der Waals surface area contributed by atoms with Gasteiger partial charge in [0, 0.05) is 11.6 Å². The van der Waals surface area contributed by atoms with Gasteiger partial charge in [0.15, 0.2) is 0 Å². The Morgan fingerprint density at radius 3 is 2.92 bits per heavy atom. The fourth-order valence-electron chi connectivity index (χ4n) is 4.60. The number of carbonyl (C=O) groups is 2. The molecule has 1 aromatic rings. The topological polar surface area (TPSA) is 66.8 Å². The molecule has 24 heavy (non-hydrogen) atoms. The first kappa shape index (κ1) is 15.8. The van der Waals surface area contributed by atoms with Crippen LogP contribution in [0.1, 0.15) is 24.8 Å². The molecular formula is C18H20ClNO4.